The van der Waals surface area contributed by atoms with Crippen LogP contribution in [0.1, 0.15) is 30.0 Å². The molecule has 0 bridgehead atoms. The molecule has 1 atom stereocenters. The molecule has 1 unspecified atom stereocenters. The topological polar surface area (TPSA) is 58.7 Å². The van der Waals surface area contributed by atoms with Gasteiger partial charge in [0.1, 0.15) is 0 Å². The van der Waals surface area contributed by atoms with E-state index in [0.29, 0.717) is 39.1 Å². The fourth-order valence-corrected chi connectivity index (χ4v) is 2.99. The van der Waals surface area contributed by atoms with E-state index in [4.69, 9.17) is 10.5 Å². The van der Waals surface area contributed by atoms with Gasteiger partial charge in [-0.3, -0.25) is 4.90 Å². The molecular formula is C16H26N2O2. The van der Waals surface area contributed by atoms with Crippen molar-refractivity contribution < 1.29 is 9.84 Å². The Morgan fingerprint density at radius 1 is 1.35 bits per heavy atom. The summed E-state index contributed by atoms with van der Waals surface area (Å²) in [4.78, 5) is 2.17. The number of ether oxygens (including phenoxy) is 1. The van der Waals surface area contributed by atoms with Crippen LogP contribution in [-0.2, 0) is 4.74 Å². The molecule has 4 heteroatoms. The van der Waals surface area contributed by atoms with Crippen molar-refractivity contribution in [1.82, 2.24) is 4.90 Å². The lowest BCUT2D eigenvalue weighted by Gasteiger charge is -2.38. The summed E-state index contributed by atoms with van der Waals surface area (Å²) in [7, 11) is 2.04. The molecular weight excluding hydrogens is 252 g/mol. The largest absolute Gasteiger partial charge is 0.388 e. The van der Waals surface area contributed by atoms with Crippen LogP contribution in [0.25, 0.3) is 0 Å². The molecule has 1 saturated heterocycles. The molecule has 0 amide bonds. The van der Waals surface area contributed by atoms with E-state index in [2.05, 4.69) is 24.0 Å². The van der Waals surface area contributed by atoms with E-state index in [-0.39, 0.29) is 6.04 Å². The summed E-state index contributed by atoms with van der Waals surface area (Å²) in [5.41, 5.74) is 7.81. The molecule has 112 valence electrons. The van der Waals surface area contributed by atoms with Gasteiger partial charge in [0.2, 0.25) is 0 Å². The molecule has 1 aromatic rings. The molecule has 4 nitrogen and oxygen atoms in total. The van der Waals surface area contributed by atoms with Gasteiger partial charge in [-0.2, -0.15) is 0 Å². The lowest BCUT2D eigenvalue weighted by atomic mass is 9.92. The van der Waals surface area contributed by atoms with Crippen LogP contribution < -0.4 is 5.73 Å². The number of aliphatic hydroxyl groups is 1. The van der Waals surface area contributed by atoms with Gasteiger partial charge in [-0.25, -0.2) is 0 Å². The molecule has 1 aromatic carbocycles. The van der Waals surface area contributed by atoms with Crippen molar-refractivity contribution in [2.45, 2.75) is 31.4 Å². The SMILES string of the molecule is Cc1ccccc1C(CN)N(C)CC1(O)CCOCC1. The van der Waals surface area contributed by atoms with Gasteiger partial charge < -0.3 is 15.6 Å². The lowest BCUT2D eigenvalue weighted by molar-refractivity contribution is -0.0812. The van der Waals surface area contributed by atoms with Crippen LogP contribution in [0.2, 0.25) is 0 Å². The third kappa shape index (κ3) is 3.58. The second-order valence-corrected chi connectivity index (χ2v) is 5.86. The first-order valence-electron chi connectivity index (χ1n) is 7.32. The quantitative estimate of drug-likeness (QED) is 0.856. The number of rotatable bonds is 5. The summed E-state index contributed by atoms with van der Waals surface area (Å²) in [6, 6.07) is 8.45. The zero-order chi connectivity index (χ0) is 14.6. The molecule has 1 fully saturated rings. The molecule has 1 aliphatic rings. The van der Waals surface area contributed by atoms with Crippen molar-refractivity contribution >= 4 is 0 Å². The van der Waals surface area contributed by atoms with Crippen molar-refractivity contribution in [2.75, 3.05) is 33.4 Å². The first kappa shape index (κ1) is 15.4. The second-order valence-electron chi connectivity index (χ2n) is 5.86. The first-order chi connectivity index (χ1) is 9.56. The number of hydrogen-bond acceptors (Lipinski definition) is 4. The molecule has 0 aromatic heterocycles. The predicted octanol–water partition coefficient (Wildman–Crippen LogP) is 1.47. The number of aryl methyl sites for hydroxylation is 1. The number of hydrogen-bond donors (Lipinski definition) is 2. The summed E-state index contributed by atoms with van der Waals surface area (Å²) in [6.45, 7) is 4.57. The third-order valence-electron chi connectivity index (χ3n) is 4.27. The van der Waals surface area contributed by atoms with Crippen molar-refractivity contribution in [3.63, 3.8) is 0 Å². The zero-order valence-corrected chi connectivity index (χ0v) is 12.5. The predicted molar refractivity (Wildman–Crippen MR) is 80.6 cm³/mol. The van der Waals surface area contributed by atoms with E-state index in [9.17, 15) is 5.11 Å². The molecule has 3 N–H and O–H groups in total. The smallest absolute Gasteiger partial charge is 0.0818 e. The fraction of sp³-hybridized carbons (Fsp3) is 0.625. The maximum Gasteiger partial charge on any atom is 0.0818 e. The van der Waals surface area contributed by atoms with E-state index in [1.807, 2.05) is 19.2 Å². The normalized spacial score (nSPS) is 20.1. The molecule has 1 aliphatic heterocycles. The van der Waals surface area contributed by atoms with E-state index in [0.717, 1.165) is 0 Å². The van der Waals surface area contributed by atoms with Crippen molar-refractivity contribution in [2.24, 2.45) is 5.73 Å². The van der Waals surface area contributed by atoms with Crippen molar-refractivity contribution in [1.29, 1.82) is 0 Å². The fourth-order valence-electron chi connectivity index (χ4n) is 2.99. The molecule has 1 heterocycles. The number of likely N-dealkylation sites (N-methyl/N-ethyl adjacent to an activating group) is 1. The average molecular weight is 278 g/mol. The lowest BCUT2D eigenvalue weighted by Crippen LogP contribution is -2.47. The van der Waals surface area contributed by atoms with E-state index >= 15 is 0 Å². The van der Waals surface area contributed by atoms with Crippen LogP contribution in [0.5, 0.6) is 0 Å². The van der Waals surface area contributed by atoms with Gasteiger partial charge in [-0.05, 0) is 25.1 Å². The Morgan fingerprint density at radius 3 is 2.60 bits per heavy atom. The minimum atomic E-state index is -0.650. The van der Waals surface area contributed by atoms with Gasteiger partial charge in [0.15, 0.2) is 0 Å². The maximum absolute atomic E-state index is 10.6. The Bertz CT molecular complexity index is 430. The Hall–Kier alpha value is -0.940. The van der Waals surface area contributed by atoms with Crippen LogP contribution in [0, 0.1) is 6.92 Å². The number of nitrogens with zero attached hydrogens (tertiary/aromatic N) is 1. The standard InChI is InChI=1S/C16H26N2O2/c1-13-5-3-4-6-14(13)15(11-17)18(2)12-16(19)7-9-20-10-8-16/h3-6,15,19H,7-12,17H2,1-2H3. The average Bonchev–Trinajstić information content (AvgIpc) is 2.42. The third-order valence-corrected chi connectivity index (χ3v) is 4.27. The van der Waals surface area contributed by atoms with Crippen LogP contribution in [-0.4, -0.2) is 49.0 Å². The number of benzene rings is 1. The van der Waals surface area contributed by atoms with Crippen LogP contribution in [0.4, 0.5) is 0 Å². The monoisotopic (exact) mass is 278 g/mol. The molecule has 0 aliphatic carbocycles. The molecule has 2 rings (SSSR count). The summed E-state index contributed by atoms with van der Waals surface area (Å²) < 4.78 is 5.33. The van der Waals surface area contributed by atoms with Gasteiger partial charge >= 0.3 is 0 Å². The van der Waals surface area contributed by atoms with Gasteiger partial charge in [0.05, 0.1) is 5.60 Å². The molecule has 20 heavy (non-hydrogen) atoms. The first-order valence-corrected chi connectivity index (χ1v) is 7.32. The molecule has 0 spiro atoms. The Balaban J connectivity index is 2.09. The highest BCUT2D eigenvalue weighted by Crippen LogP contribution is 2.27. The van der Waals surface area contributed by atoms with Crippen molar-refractivity contribution in [3.8, 4) is 0 Å². The van der Waals surface area contributed by atoms with Crippen LogP contribution in [0.3, 0.4) is 0 Å². The van der Waals surface area contributed by atoms with E-state index < -0.39 is 5.60 Å². The highest BCUT2D eigenvalue weighted by atomic mass is 16.5. The van der Waals surface area contributed by atoms with E-state index in [1.165, 1.54) is 11.1 Å². The summed E-state index contributed by atoms with van der Waals surface area (Å²) >= 11 is 0. The Labute approximate surface area is 121 Å². The Morgan fingerprint density at radius 2 is 2.00 bits per heavy atom. The maximum atomic E-state index is 10.6. The minimum Gasteiger partial charge on any atom is -0.388 e. The van der Waals surface area contributed by atoms with Gasteiger partial charge in [-0.15, -0.1) is 0 Å². The second kappa shape index (κ2) is 6.68. The molecule has 0 radical (unpaired) electrons. The minimum absolute atomic E-state index is 0.142. The van der Waals surface area contributed by atoms with Gasteiger partial charge in [-0.1, -0.05) is 24.3 Å². The van der Waals surface area contributed by atoms with Crippen LogP contribution in [0.15, 0.2) is 24.3 Å². The van der Waals surface area contributed by atoms with Crippen LogP contribution >= 0.6 is 0 Å². The van der Waals surface area contributed by atoms with Gasteiger partial charge in [0.25, 0.3) is 0 Å². The summed E-state index contributed by atoms with van der Waals surface area (Å²) in [6.07, 6.45) is 1.39. The zero-order valence-electron chi connectivity index (χ0n) is 12.5. The summed E-state index contributed by atoms with van der Waals surface area (Å²) in [5.74, 6) is 0. The highest BCUT2D eigenvalue weighted by Gasteiger charge is 2.33. The van der Waals surface area contributed by atoms with Gasteiger partial charge in [0, 0.05) is 45.2 Å². The molecule has 0 saturated carbocycles. The number of nitrogens with two attached hydrogens (primary N) is 1. The Kier molecular flexibility index (Phi) is 5.16. The van der Waals surface area contributed by atoms with Crippen molar-refractivity contribution in [3.05, 3.63) is 35.4 Å². The summed E-state index contributed by atoms with van der Waals surface area (Å²) in [5, 5.41) is 10.6. The van der Waals surface area contributed by atoms with E-state index in [1.54, 1.807) is 0 Å². The highest BCUT2D eigenvalue weighted by molar-refractivity contribution is 5.29.